The van der Waals surface area contributed by atoms with E-state index in [9.17, 15) is 4.79 Å². The summed E-state index contributed by atoms with van der Waals surface area (Å²) in [4.78, 5) is 10.8. The van der Waals surface area contributed by atoms with Crippen LogP contribution in [-0.4, -0.2) is 24.7 Å². The minimum absolute atomic E-state index is 0.292. The predicted molar refractivity (Wildman–Crippen MR) is 61.7 cm³/mol. The predicted octanol–water partition coefficient (Wildman–Crippen LogP) is 2.25. The zero-order chi connectivity index (χ0) is 11.3. The number of anilines is 2. The van der Waals surface area contributed by atoms with Crippen LogP contribution >= 0.6 is 0 Å². The van der Waals surface area contributed by atoms with Crippen molar-refractivity contribution in [3.05, 3.63) is 23.8 Å². The van der Waals surface area contributed by atoms with Gasteiger partial charge in [-0.25, -0.2) is 4.79 Å². The van der Waals surface area contributed by atoms with Crippen molar-refractivity contribution in [1.29, 1.82) is 0 Å². The summed E-state index contributed by atoms with van der Waals surface area (Å²) in [5.41, 5.74) is 1.93. The van der Waals surface area contributed by atoms with Gasteiger partial charge in [-0.1, -0.05) is 6.92 Å². The molecule has 0 bridgehead atoms. The van der Waals surface area contributed by atoms with Crippen LogP contribution in [0.15, 0.2) is 18.2 Å². The first-order chi connectivity index (χ1) is 7.17. The standard InChI is InChI=1S/C11H16N2O2/c1-3-4-13-10-6-8(11(14)15)5-9(7-10)12-2/h5-7,12-13H,3-4H2,1-2H3,(H,14,15). The van der Waals surface area contributed by atoms with Crippen LogP contribution in [-0.2, 0) is 0 Å². The molecule has 82 valence electrons. The molecule has 4 heteroatoms. The Kier molecular flexibility index (Phi) is 3.97. The second-order valence-electron chi connectivity index (χ2n) is 3.28. The van der Waals surface area contributed by atoms with Crippen LogP contribution in [0.4, 0.5) is 11.4 Å². The van der Waals surface area contributed by atoms with Crippen LogP contribution in [0.5, 0.6) is 0 Å². The van der Waals surface area contributed by atoms with E-state index in [1.807, 2.05) is 6.07 Å². The van der Waals surface area contributed by atoms with Gasteiger partial charge in [0.05, 0.1) is 5.56 Å². The molecule has 0 atom stereocenters. The van der Waals surface area contributed by atoms with Gasteiger partial charge in [-0.2, -0.15) is 0 Å². The van der Waals surface area contributed by atoms with Crippen LogP contribution in [0.25, 0.3) is 0 Å². The molecule has 3 N–H and O–H groups in total. The molecule has 0 aliphatic heterocycles. The summed E-state index contributed by atoms with van der Waals surface area (Å²) >= 11 is 0. The molecule has 0 radical (unpaired) electrons. The number of aromatic carboxylic acids is 1. The highest BCUT2D eigenvalue weighted by atomic mass is 16.4. The molecule has 0 spiro atoms. The summed E-state index contributed by atoms with van der Waals surface area (Å²) in [5.74, 6) is -0.911. The number of carbonyl (C=O) groups is 1. The number of carboxylic acids is 1. The molecule has 0 aliphatic rings. The van der Waals surface area contributed by atoms with Crippen LogP contribution in [0.3, 0.4) is 0 Å². The van der Waals surface area contributed by atoms with Gasteiger partial charge in [0.1, 0.15) is 0 Å². The summed E-state index contributed by atoms with van der Waals surface area (Å²) in [6.07, 6.45) is 1.01. The molecule has 1 aromatic rings. The molecule has 0 heterocycles. The fraction of sp³-hybridized carbons (Fsp3) is 0.364. The van der Waals surface area contributed by atoms with Gasteiger partial charge >= 0.3 is 5.97 Å². The molecule has 0 aliphatic carbocycles. The maximum Gasteiger partial charge on any atom is 0.335 e. The second-order valence-corrected chi connectivity index (χ2v) is 3.28. The number of rotatable bonds is 5. The molecule has 0 aromatic heterocycles. The lowest BCUT2D eigenvalue weighted by atomic mass is 10.1. The van der Waals surface area contributed by atoms with Crippen molar-refractivity contribution < 1.29 is 9.90 Å². The minimum Gasteiger partial charge on any atom is -0.478 e. The SMILES string of the molecule is CCCNc1cc(NC)cc(C(=O)O)c1. The van der Waals surface area contributed by atoms with E-state index in [1.54, 1.807) is 19.2 Å². The summed E-state index contributed by atoms with van der Waals surface area (Å²) in [6, 6.07) is 5.14. The van der Waals surface area contributed by atoms with E-state index in [1.165, 1.54) is 0 Å². The Hall–Kier alpha value is -1.71. The largest absolute Gasteiger partial charge is 0.478 e. The van der Waals surface area contributed by atoms with Crippen molar-refractivity contribution >= 4 is 17.3 Å². The van der Waals surface area contributed by atoms with Gasteiger partial charge in [0, 0.05) is 25.0 Å². The molecular formula is C11H16N2O2. The number of hydrogen-bond donors (Lipinski definition) is 3. The molecule has 4 nitrogen and oxygen atoms in total. The quantitative estimate of drug-likeness (QED) is 0.694. The van der Waals surface area contributed by atoms with Gasteiger partial charge in [0.15, 0.2) is 0 Å². The number of nitrogens with one attached hydrogen (secondary N) is 2. The smallest absolute Gasteiger partial charge is 0.335 e. The first-order valence-corrected chi connectivity index (χ1v) is 4.97. The molecule has 0 saturated heterocycles. The third kappa shape index (κ3) is 3.16. The van der Waals surface area contributed by atoms with Gasteiger partial charge in [-0.05, 0) is 24.6 Å². The molecule has 15 heavy (non-hydrogen) atoms. The normalized spacial score (nSPS) is 9.73. The molecule has 1 aromatic carbocycles. The van der Waals surface area contributed by atoms with Gasteiger partial charge in [-0.3, -0.25) is 0 Å². The Morgan fingerprint density at radius 1 is 1.33 bits per heavy atom. The Morgan fingerprint density at radius 3 is 2.53 bits per heavy atom. The van der Waals surface area contributed by atoms with Crippen LogP contribution in [0.2, 0.25) is 0 Å². The molecule has 1 rings (SSSR count). The average molecular weight is 208 g/mol. The van der Waals surface area contributed by atoms with Gasteiger partial charge in [0.25, 0.3) is 0 Å². The lowest BCUT2D eigenvalue weighted by Gasteiger charge is -2.09. The maximum absolute atomic E-state index is 10.8. The average Bonchev–Trinajstić information content (AvgIpc) is 2.25. The van der Waals surface area contributed by atoms with Gasteiger partial charge in [0.2, 0.25) is 0 Å². The Morgan fingerprint density at radius 2 is 2.00 bits per heavy atom. The number of hydrogen-bond acceptors (Lipinski definition) is 3. The highest BCUT2D eigenvalue weighted by Crippen LogP contribution is 2.18. The first-order valence-electron chi connectivity index (χ1n) is 4.97. The van der Waals surface area contributed by atoms with E-state index in [2.05, 4.69) is 17.6 Å². The topological polar surface area (TPSA) is 61.4 Å². The lowest BCUT2D eigenvalue weighted by Crippen LogP contribution is -2.04. The highest BCUT2D eigenvalue weighted by Gasteiger charge is 2.05. The second kappa shape index (κ2) is 5.24. The molecule has 0 unspecified atom stereocenters. The Bertz CT molecular complexity index is 350. The zero-order valence-electron chi connectivity index (χ0n) is 9.00. The van der Waals surface area contributed by atoms with Crippen molar-refractivity contribution in [3.63, 3.8) is 0 Å². The van der Waals surface area contributed by atoms with Crippen molar-refractivity contribution in [2.75, 3.05) is 24.2 Å². The number of carboxylic acid groups (broad SMARTS) is 1. The third-order valence-corrected chi connectivity index (χ3v) is 2.05. The lowest BCUT2D eigenvalue weighted by molar-refractivity contribution is 0.0697. The van der Waals surface area contributed by atoms with Crippen molar-refractivity contribution in [3.8, 4) is 0 Å². The maximum atomic E-state index is 10.8. The highest BCUT2D eigenvalue weighted by molar-refractivity contribution is 5.90. The molecule has 0 saturated carbocycles. The monoisotopic (exact) mass is 208 g/mol. The van der Waals surface area contributed by atoms with Crippen molar-refractivity contribution in [2.24, 2.45) is 0 Å². The molecule has 0 amide bonds. The first kappa shape index (κ1) is 11.4. The third-order valence-electron chi connectivity index (χ3n) is 2.05. The van der Waals surface area contributed by atoms with Crippen LogP contribution < -0.4 is 10.6 Å². The fourth-order valence-electron chi connectivity index (χ4n) is 1.27. The number of benzene rings is 1. The fourth-order valence-corrected chi connectivity index (χ4v) is 1.27. The minimum atomic E-state index is -0.911. The van der Waals surface area contributed by atoms with Gasteiger partial charge in [-0.15, -0.1) is 0 Å². The van der Waals surface area contributed by atoms with E-state index < -0.39 is 5.97 Å². The zero-order valence-corrected chi connectivity index (χ0v) is 9.00. The van der Waals surface area contributed by atoms with Gasteiger partial charge < -0.3 is 15.7 Å². The van der Waals surface area contributed by atoms with E-state index in [0.29, 0.717) is 5.56 Å². The van der Waals surface area contributed by atoms with Crippen LogP contribution in [0, 0.1) is 0 Å². The van der Waals surface area contributed by atoms with Crippen LogP contribution in [0.1, 0.15) is 23.7 Å². The van der Waals surface area contributed by atoms with Crippen molar-refractivity contribution in [2.45, 2.75) is 13.3 Å². The summed E-state index contributed by atoms with van der Waals surface area (Å²) in [7, 11) is 1.77. The van der Waals surface area contributed by atoms with Crippen molar-refractivity contribution in [1.82, 2.24) is 0 Å². The summed E-state index contributed by atoms with van der Waals surface area (Å²) < 4.78 is 0. The Labute approximate surface area is 89.3 Å². The molecule has 0 fully saturated rings. The summed E-state index contributed by atoms with van der Waals surface area (Å²) in [6.45, 7) is 2.90. The summed E-state index contributed by atoms with van der Waals surface area (Å²) in [5, 5.41) is 15.0. The van der Waals surface area contributed by atoms with E-state index in [0.717, 1.165) is 24.3 Å². The molecular weight excluding hydrogens is 192 g/mol. The van der Waals surface area contributed by atoms with E-state index >= 15 is 0 Å². The van der Waals surface area contributed by atoms with E-state index in [-0.39, 0.29) is 0 Å². The Balaban J connectivity index is 2.95. The van der Waals surface area contributed by atoms with E-state index in [4.69, 9.17) is 5.11 Å².